The minimum absolute atomic E-state index is 0.0183. The summed E-state index contributed by atoms with van der Waals surface area (Å²) in [6.07, 6.45) is -1.88. The van der Waals surface area contributed by atoms with Crippen molar-refractivity contribution in [2.75, 3.05) is 14.2 Å². The third-order valence-corrected chi connectivity index (χ3v) is 2.20. The molecule has 0 aromatic heterocycles. The van der Waals surface area contributed by atoms with Crippen LogP contribution in [0.3, 0.4) is 0 Å². The maximum absolute atomic E-state index is 11.1. The van der Waals surface area contributed by atoms with Crippen LogP contribution in [0.4, 0.5) is 9.59 Å². The number of halogens is 1. The quantitative estimate of drug-likeness (QED) is 0.479. The Kier molecular flexibility index (Phi) is 5.26. The normalized spacial score (nSPS) is 9.50. The van der Waals surface area contributed by atoms with E-state index in [0.29, 0.717) is 5.56 Å². The lowest BCUT2D eigenvalue weighted by molar-refractivity contribution is 0.110. The number of hydrogen-bond acceptors (Lipinski definition) is 6. The van der Waals surface area contributed by atoms with E-state index >= 15 is 0 Å². The Morgan fingerprint density at radius 1 is 1.11 bits per heavy atom. The minimum Gasteiger partial charge on any atom is -0.437 e. The Bertz CT molecular complexity index is 445. The Hall–Kier alpha value is -1.95. The van der Waals surface area contributed by atoms with Crippen molar-refractivity contribution in [3.05, 3.63) is 23.8 Å². The van der Waals surface area contributed by atoms with Crippen molar-refractivity contribution in [2.45, 2.75) is 5.88 Å². The highest BCUT2D eigenvalue weighted by Crippen LogP contribution is 2.33. The first-order valence-corrected chi connectivity index (χ1v) is 5.35. The number of para-hydroxylation sites is 1. The van der Waals surface area contributed by atoms with Crippen molar-refractivity contribution in [1.82, 2.24) is 0 Å². The van der Waals surface area contributed by atoms with Crippen molar-refractivity contribution < 1.29 is 28.5 Å². The number of methoxy groups -OCH3 is 2. The molecule has 0 saturated heterocycles. The van der Waals surface area contributed by atoms with Gasteiger partial charge in [0.25, 0.3) is 0 Å². The van der Waals surface area contributed by atoms with Gasteiger partial charge in [0.2, 0.25) is 0 Å². The third kappa shape index (κ3) is 3.53. The highest BCUT2D eigenvalue weighted by atomic mass is 35.5. The molecule has 0 aliphatic carbocycles. The molecule has 18 heavy (non-hydrogen) atoms. The first-order valence-electron chi connectivity index (χ1n) is 4.81. The van der Waals surface area contributed by atoms with Gasteiger partial charge in [-0.15, -0.1) is 11.6 Å². The molecular formula is C11H11ClO6. The molecule has 0 fully saturated rings. The number of carbonyl (C=O) groups is 2. The van der Waals surface area contributed by atoms with Crippen LogP contribution in [0.5, 0.6) is 11.5 Å². The predicted molar refractivity (Wildman–Crippen MR) is 62.1 cm³/mol. The predicted octanol–water partition coefficient (Wildman–Crippen LogP) is 2.72. The van der Waals surface area contributed by atoms with E-state index in [1.807, 2.05) is 0 Å². The molecule has 0 spiro atoms. The third-order valence-electron chi connectivity index (χ3n) is 1.92. The molecule has 0 atom stereocenters. The van der Waals surface area contributed by atoms with Gasteiger partial charge in [-0.3, -0.25) is 0 Å². The second kappa shape index (κ2) is 6.70. The molecule has 98 valence electrons. The highest BCUT2D eigenvalue weighted by Gasteiger charge is 2.17. The van der Waals surface area contributed by atoms with Gasteiger partial charge in [-0.05, 0) is 6.07 Å². The fourth-order valence-electron chi connectivity index (χ4n) is 1.12. The zero-order valence-electron chi connectivity index (χ0n) is 9.77. The van der Waals surface area contributed by atoms with Gasteiger partial charge in [-0.1, -0.05) is 12.1 Å². The van der Waals surface area contributed by atoms with Crippen molar-refractivity contribution in [2.24, 2.45) is 0 Å². The van der Waals surface area contributed by atoms with Crippen LogP contribution in [0.25, 0.3) is 0 Å². The van der Waals surface area contributed by atoms with Crippen LogP contribution in [0.2, 0.25) is 0 Å². The molecule has 0 bridgehead atoms. The van der Waals surface area contributed by atoms with Gasteiger partial charge in [0.05, 0.1) is 20.1 Å². The second-order valence-corrected chi connectivity index (χ2v) is 3.26. The monoisotopic (exact) mass is 274 g/mol. The van der Waals surface area contributed by atoms with Gasteiger partial charge in [-0.2, -0.15) is 0 Å². The topological polar surface area (TPSA) is 71.1 Å². The number of benzene rings is 1. The molecule has 0 unspecified atom stereocenters. The Morgan fingerprint density at radius 3 is 2.28 bits per heavy atom. The SMILES string of the molecule is COC(=O)Oc1cccc(CCl)c1OC(=O)OC. The fraction of sp³-hybridized carbons (Fsp3) is 0.273. The van der Waals surface area contributed by atoms with E-state index in [1.165, 1.54) is 6.07 Å². The summed E-state index contributed by atoms with van der Waals surface area (Å²) in [5, 5.41) is 0. The molecule has 1 rings (SSSR count). The van der Waals surface area contributed by atoms with Crippen LogP contribution in [0.1, 0.15) is 5.56 Å². The molecular weight excluding hydrogens is 264 g/mol. The summed E-state index contributed by atoms with van der Waals surface area (Å²) in [6, 6.07) is 4.65. The van der Waals surface area contributed by atoms with Crippen LogP contribution >= 0.6 is 11.6 Å². The van der Waals surface area contributed by atoms with Gasteiger partial charge in [0.15, 0.2) is 11.5 Å². The summed E-state index contributed by atoms with van der Waals surface area (Å²) < 4.78 is 18.4. The molecule has 0 radical (unpaired) electrons. The largest absolute Gasteiger partial charge is 0.513 e. The molecule has 0 aliphatic heterocycles. The molecule has 0 aliphatic rings. The van der Waals surface area contributed by atoms with E-state index in [0.717, 1.165) is 14.2 Å². The summed E-state index contributed by atoms with van der Waals surface area (Å²) >= 11 is 5.70. The van der Waals surface area contributed by atoms with Crippen molar-refractivity contribution in [3.8, 4) is 11.5 Å². The van der Waals surface area contributed by atoms with Gasteiger partial charge < -0.3 is 18.9 Å². The summed E-state index contributed by atoms with van der Waals surface area (Å²) in [7, 11) is 2.32. The zero-order chi connectivity index (χ0) is 13.5. The summed E-state index contributed by atoms with van der Waals surface area (Å²) in [6.45, 7) is 0. The maximum Gasteiger partial charge on any atom is 0.513 e. The molecule has 7 heteroatoms. The van der Waals surface area contributed by atoms with E-state index in [2.05, 4.69) is 9.47 Å². The van der Waals surface area contributed by atoms with E-state index in [9.17, 15) is 9.59 Å². The Labute approximate surface area is 108 Å². The number of alkyl halides is 1. The Morgan fingerprint density at radius 2 is 1.72 bits per heavy atom. The first kappa shape index (κ1) is 14.1. The summed E-state index contributed by atoms with van der Waals surface area (Å²) in [5.41, 5.74) is 0.475. The summed E-state index contributed by atoms with van der Waals surface area (Å²) in [4.78, 5) is 22.1. The van der Waals surface area contributed by atoms with E-state index in [4.69, 9.17) is 21.1 Å². The fourth-order valence-corrected chi connectivity index (χ4v) is 1.33. The number of rotatable bonds is 3. The van der Waals surface area contributed by atoms with E-state index in [-0.39, 0.29) is 17.4 Å². The van der Waals surface area contributed by atoms with Crippen LogP contribution in [-0.4, -0.2) is 26.5 Å². The van der Waals surface area contributed by atoms with E-state index in [1.54, 1.807) is 12.1 Å². The molecule has 1 aromatic rings. The van der Waals surface area contributed by atoms with Crippen LogP contribution in [0, 0.1) is 0 Å². The van der Waals surface area contributed by atoms with Gasteiger partial charge in [-0.25, -0.2) is 9.59 Å². The number of carbonyl (C=O) groups excluding carboxylic acids is 2. The molecule has 0 saturated carbocycles. The van der Waals surface area contributed by atoms with Gasteiger partial charge in [0, 0.05) is 5.56 Å². The second-order valence-electron chi connectivity index (χ2n) is 2.99. The molecule has 0 amide bonds. The number of hydrogen-bond donors (Lipinski definition) is 0. The molecule has 1 aromatic carbocycles. The van der Waals surface area contributed by atoms with Crippen LogP contribution in [-0.2, 0) is 15.4 Å². The molecule has 0 heterocycles. The average Bonchev–Trinajstić information content (AvgIpc) is 2.40. The van der Waals surface area contributed by atoms with Crippen molar-refractivity contribution in [3.63, 3.8) is 0 Å². The average molecular weight is 275 g/mol. The van der Waals surface area contributed by atoms with Crippen molar-refractivity contribution >= 4 is 23.9 Å². The van der Waals surface area contributed by atoms with Crippen LogP contribution < -0.4 is 9.47 Å². The summed E-state index contributed by atoms with van der Waals surface area (Å²) in [5.74, 6) is 0.111. The lowest BCUT2D eigenvalue weighted by Gasteiger charge is -2.11. The van der Waals surface area contributed by atoms with Gasteiger partial charge in [0.1, 0.15) is 0 Å². The number of ether oxygens (including phenoxy) is 4. The lowest BCUT2D eigenvalue weighted by atomic mass is 10.2. The zero-order valence-corrected chi connectivity index (χ0v) is 10.5. The maximum atomic E-state index is 11.1. The van der Waals surface area contributed by atoms with E-state index < -0.39 is 12.3 Å². The lowest BCUT2D eigenvalue weighted by Crippen LogP contribution is -2.13. The molecule has 0 N–H and O–H groups in total. The van der Waals surface area contributed by atoms with Crippen molar-refractivity contribution in [1.29, 1.82) is 0 Å². The van der Waals surface area contributed by atoms with Gasteiger partial charge >= 0.3 is 12.3 Å². The first-order chi connectivity index (χ1) is 8.62. The minimum atomic E-state index is -0.942. The van der Waals surface area contributed by atoms with Crippen LogP contribution in [0.15, 0.2) is 18.2 Å². The Balaban J connectivity index is 3.07. The smallest absolute Gasteiger partial charge is 0.437 e. The standard InChI is InChI=1S/C11H11ClO6/c1-15-10(13)17-8-5-3-4-7(6-12)9(8)18-11(14)16-2/h3-5H,6H2,1-2H3. The highest BCUT2D eigenvalue weighted by molar-refractivity contribution is 6.17. The molecule has 6 nitrogen and oxygen atoms in total.